The molecule has 2 aromatic rings. The van der Waals surface area contributed by atoms with Gasteiger partial charge in [0.05, 0.1) is 35.6 Å². The Morgan fingerprint density at radius 2 is 2.06 bits per heavy atom. The monoisotopic (exact) mass is 263 g/mol. The van der Waals surface area contributed by atoms with Crippen molar-refractivity contribution in [2.45, 2.75) is 0 Å². The average molecular weight is 264 g/mol. The van der Waals surface area contributed by atoms with Gasteiger partial charge in [0.25, 0.3) is 0 Å². The van der Waals surface area contributed by atoms with Gasteiger partial charge in [-0.15, -0.1) is 0 Å². The lowest BCUT2D eigenvalue weighted by atomic mass is 10.1. The van der Waals surface area contributed by atoms with Crippen molar-refractivity contribution in [1.29, 1.82) is 0 Å². The van der Waals surface area contributed by atoms with Crippen LogP contribution in [0, 0.1) is 0 Å². The lowest BCUT2D eigenvalue weighted by Crippen LogP contribution is -2.36. The van der Waals surface area contributed by atoms with E-state index in [2.05, 4.69) is 16.0 Å². The maximum atomic E-state index is 6.23. The van der Waals surface area contributed by atoms with Gasteiger partial charge in [0.15, 0.2) is 0 Å². The number of ether oxygens (including phenoxy) is 1. The van der Waals surface area contributed by atoms with Crippen molar-refractivity contribution in [1.82, 2.24) is 4.98 Å². The quantitative estimate of drug-likeness (QED) is 0.858. The van der Waals surface area contributed by atoms with E-state index in [1.807, 2.05) is 12.1 Å². The predicted molar refractivity (Wildman–Crippen MR) is 74.2 cm³/mol. The van der Waals surface area contributed by atoms with E-state index in [1.54, 1.807) is 6.20 Å². The molecule has 0 aliphatic carbocycles. The summed E-state index contributed by atoms with van der Waals surface area (Å²) >= 11 is 6.23. The third-order valence-corrected chi connectivity index (χ3v) is 3.61. The third kappa shape index (κ3) is 1.98. The van der Waals surface area contributed by atoms with Gasteiger partial charge in [-0.25, -0.2) is 0 Å². The first-order chi connectivity index (χ1) is 8.75. The van der Waals surface area contributed by atoms with Crippen molar-refractivity contribution in [3.8, 4) is 0 Å². The van der Waals surface area contributed by atoms with Crippen molar-refractivity contribution in [3.05, 3.63) is 29.4 Å². The number of morpholine rings is 1. The van der Waals surface area contributed by atoms with Gasteiger partial charge in [0, 0.05) is 24.2 Å². The molecular formula is C13H14ClN3O. The molecule has 1 saturated heterocycles. The van der Waals surface area contributed by atoms with Gasteiger partial charge in [0.1, 0.15) is 0 Å². The minimum atomic E-state index is 0.517. The molecule has 0 atom stereocenters. The second kappa shape index (κ2) is 4.63. The Kier molecular flexibility index (Phi) is 2.97. The molecule has 18 heavy (non-hydrogen) atoms. The largest absolute Gasteiger partial charge is 0.396 e. The normalized spacial score (nSPS) is 16.2. The number of halogens is 1. The average Bonchev–Trinajstić information content (AvgIpc) is 2.44. The maximum absolute atomic E-state index is 6.23. The number of fused-ring (bicyclic) bond motifs is 1. The van der Waals surface area contributed by atoms with Crippen LogP contribution in [0.1, 0.15) is 0 Å². The summed E-state index contributed by atoms with van der Waals surface area (Å²) < 4.78 is 5.35. The SMILES string of the molecule is Nc1cnc2ccc(N3CCOCC3)cc2c1Cl. The molecule has 1 aromatic carbocycles. The van der Waals surface area contributed by atoms with E-state index < -0.39 is 0 Å². The first kappa shape index (κ1) is 11.6. The first-order valence-corrected chi connectivity index (χ1v) is 6.30. The van der Waals surface area contributed by atoms with Crippen LogP contribution in [-0.4, -0.2) is 31.3 Å². The zero-order chi connectivity index (χ0) is 12.5. The van der Waals surface area contributed by atoms with E-state index in [4.69, 9.17) is 22.1 Å². The van der Waals surface area contributed by atoms with E-state index >= 15 is 0 Å². The number of pyridine rings is 1. The molecule has 1 aliphatic heterocycles. The van der Waals surface area contributed by atoms with Gasteiger partial charge in [-0.2, -0.15) is 0 Å². The Hall–Kier alpha value is -1.52. The van der Waals surface area contributed by atoms with Crippen molar-refractivity contribution < 1.29 is 4.74 Å². The summed E-state index contributed by atoms with van der Waals surface area (Å²) in [5.41, 5.74) is 8.31. The van der Waals surface area contributed by atoms with Crippen LogP contribution in [0.4, 0.5) is 11.4 Å². The first-order valence-electron chi connectivity index (χ1n) is 5.92. The van der Waals surface area contributed by atoms with E-state index in [0.29, 0.717) is 10.7 Å². The van der Waals surface area contributed by atoms with E-state index in [1.165, 1.54) is 0 Å². The van der Waals surface area contributed by atoms with E-state index in [9.17, 15) is 0 Å². The number of rotatable bonds is 1. The molecule has 1 aromatic heterocycles. The molecule has 1 aliphatic rings. The summed E-state index contributed by atoms with van der Waals surface area (Å²) in [7, 11) is 0. The Morgan fingerprint density at radius 1 is 1.28 bits per heavy atom. The molecule has 0 radical (unpaired) electrons. The molecule has 94 valence electrons. The number of hydrogen-bond acceptors (Lipinski definition) is 4. The van der Waals surface area contributed by atoms with Crippen molar-refractivity contribution in [3.63, 3.8) is 0 Å². The Bertz CT molecular complexity index is 582. The molecule has 4 nitrogen and oxygen atoms in total. The summed E-state index contributed by atoms with van der Waals surface area (Å²) in [6.07, 6.45) is 1.60. The number of nitrogens with two attached hydrogens (primary N) is 1. The summed E-state index contributed by atoms with van der Waals surface area (Å²) in [6, 6.07) is 6.09. The smallest absolute Gasteiger partial charge is 0.0746 e. The van der Waals surface area contributed by atoms with Crippen LogP contribution in [0.3, 0.4) is 0 Å². The summed E-state index contributed by atoms with van der Waals surface area (Å²) in [5, 5.41) is 1.48. The van der Waals surface area contributed by atoms with Gasteiger partial charge in [-0.05, 0) is 18.2 Å². The Morgan fingerprint density at radius 3 is 2.83 bits per heavy atom. The van der Waals surface area contributed by atoms with Gasteiger partial charge in [-0.1, -0.05) is 11.6 Å². The number of anilines is 2. The molecule has 0 bridgehead atoms. The van der Waals surface area contributed by atoms with Crippen LogP contribution < -0.4 is 10.6 Å². The van der Waals surface area contributed by atoms with Gasteiger partial charge < -0.3 is 15.4 Å². The lowest BCUT2D eigenvalue weighted by molar-refractivity contribution is 0.122. The number of nitrogens with zero attached hydrogens (tertiary/aromatic N) is 2. The molecule has 5 heteroatoms. The van der Waals surface area contributed by atoms with E-state index in [-0.39, 0.29) is 0 Å². The fraction of sp³-hybridized carbons (Fsp3) is 0.308. The molecule has 0 unspecified atom stereocenters. The Labute approximate surface area is 110 Å². The summed E-state index contributed by atoms with van der Waals surface area (Å²) in [6.45, 7) is 3.33. The number of benzene rings is 1. The molecule has 2 heterocycles. The van der Waals surface area contributed by atoms with Crippen LogP contribution in [0.2, 0.25) is 5.02 Å². The van der Waals surface area contributed by atoms with Crippen molar-refractivity contribution >= 4 is 33.9 Å². The molecule has 0 spiro atoms. The number of nitrogen functional groups attached to an aromatic ring is 1. The fourth-order valence-electron chi connectivity index (χ4n) is 2.18. The molecule has 3 rings (SSSR count). The van der Waals surface area contributed by atoms with Crippen LogP contribution in [0.15, 0.2) is 24.4 Å². The fourth-order valence-corrected chi connectivity index (χ4v) is 2.38. The minimum absolute atomic E-state index is 0.517. The second-order valence-electron chi connectivity index (χ2n) is 4.33. The highest BCUT2D eigenvalue weighted by Gasteiger charge is 2.13. The van der Waals surface area contributed by atoms with Crippen molar-refractivity contribution in [2.75, 3.05) is 36.9 Å². The van der Waals surface area contributed by atoms with Crippen LogP contribution >= 0.6 is 11.6 Å². The zero-order valence-electron chi connectivity index (χ0n) is 9.90. The standard InChI is InChI=1S/C13H14ClN3O/c14-13-10-7-9(17-3-5-18-6-4-17)1-2-12(10)16-8-11(13)15/h1-2,7-8H,3-6,15H2. The molecular weight excluding hydrogens is 250 g/mol. The summed E-state index contributed by atoms with van der Waals surface area (Å²) in [4.78, 5) is 6.56. The maximum Gasteiger partial charge on any atom is 0.0746 e. The van der Waals surface area contributed by atoms with Crippen LogP contribution in [0.5, 0.6) is 0 Å². The molecule has 2 N–H and O–H groups in total. The molecule has 0 amide bonds. The zero-order valence-corrected chi connectivity index (χ0v) is 10.7. The number of hydrogen-bond donors (Lipinski definition) is 1. The van der Waals surface area contributed by atoms with Crippen LogP contribution in [0.25, 0.3) is 10.9 Å². The highest BCUT2D eigenvalue weighted by Crippen LogP contribution is 2.30. The molecule has 1 fully saturated rings. The van der Waals surface area contributed by atoms with Gasteiger partial charge >= 0.3 is 0 Å². The second-order valence-corrected chi connectivity index (χ2v) is 4.71. The predicted octanol–water partition coefficient (Wildman–Crippen LogP) is 2.31. The topological polar surface area (TPSA) is 51.4 Å². The van der Waals surface area contributed by atoms with Gasteiger partial charge in [0.2, 0.25) is 0 Å². The minimum Gasteiger partial charge on any atom is -0.396 e. The summed E-state index contributed by atoms with van der Waals surface area (Å²) in [5.74, 6) is 0. The lowest BCUT2D eigenvalue weighted by Gasteiger charge is -2.29. The third-order valence-electron chi connectivity index (χ3n) is 3.19. The number of aromatic nitrogens is 1. The van der Waals surface area contributed by atoms with Gasteiger partial charge in [-0.3, -0.25) is 4.98 Å². The highest BCUT2D eigenvalue weighted by atomic mass is 35.5. The highest BCUT2D eigenvalue weighted by molar-refractivity contribution is 6.37. The van der Waals surface area contributed by atoms with Crippen molar-refractivity contribution in [2.24, 2.45) is 0 Å². The van der Waals surface area contributed by atoms with E-state index in [0.717, 1.165) is 42.9 Å². The van der Waals surface area contributed by atoms with Crippen LogP contribution in [-0.2, 0) is 4.74 Å². The molecule has 0 saturated carbocycles. The Balaban J connectivity index is 2.06.